The first kappa shape index (κ1) is 17.1. The molecular weight excluding hydrogens is 362 g/mol. The first-order valence-electron chi connectivity index (χ1n) is 8.18. The number of nitrogens with zero attached hydrogens (tertiary/aromatic N) is 6. The summed E-state index contributed by atoms with van der Waals surface area (Å²) in [5, 5.41) is 21.9. The van der Waals surface area contributed by atoms with E-state index in [2.05, 4.69) is 20.5 Å². The number of carbonyl (C=O) groups excluding carboxylic acids is 1. The Kier molecular flexibility index (Phi) is 4.34. The van der Waals surface area contributed by atoms with Crippen molar-refractivity contribution < 1.29 is 9.72 Å². The van der Waals surface area contributed by atoms with Crippen LogP contribution in [-0.4, -0.2) is 35.4 Å². The number of rotatable bonds is 5. The minimum absolute atomic E-state index is 0.0534. The number of hydrogen-bond donors (Lipinski definition) is 1. The molecule has 0 aliphatic carbocycles. The number of nitro benzene ring substituents is 1. The van der Waals surface area contributed by atoms with Crippen molar-refractivity contribution in [3.05, 3.63) is 89.1 Å². The van der Waals surface area contributed by atoms with Gasteiger partial charge in [0.1, 0.15) is 0 Å². The molecule has 4 aromatic rings. The Morgan fingerprint density at radius 3 is 2.68 bits per heavy atom. The van der Waals surface area contributed by atoms with Crippen LogP contribution >= 0.6 is 0 Å². The van der Waals surface area contributed by atoms with Crippen LogP contribution in [0.4, 0.5) is 11.4 Å². The van der Waals surface area contributed by atoms with Crippen molar-refractivity contribution in [3.8, 4) is 11.5 Å². The van der Waals surface area contributed by atoms with Crippen LogP contribution in [0.15, 0.2) is 73.3 Å². The molecule has 4 rings (SSSR count). The van der Waals surface area contributed by atoms with E-state index in [1.807, 2.05) is 0 Å². The topological polar surface area (TPSA) is 121 Å². The van der Waals surface area contributed by atoms with Crippen LogP contribution in [-0.2, 0) is 0 Å². The van der Waals surface area contributed by atoms with E-state index in [1.54, 1.807) is 53.6 Å². The highest BCUT2D eigenvalue weighted by Crippen LogP contribution is 2.17. The third-order valence-corrected chi connectivity index (χ3v) is 3.87. The zero-order chi connectivity index (χ0) is 19.5. The summed E-state index contributed by atoms with van der Waals surface area (Å²) < 4.78 is 3.01. The molecule has 0 saturated carbocycles. The second kappa shape index (κ2) is 7.11. The van der Waals surface area contributed by atoms with Gasteiger partial charge in [0, 0.05) is 30.7 Å². The lowest BCUT2D eigenvalue weighted by molar-refractivity contribution is -0.384. The SMILES string of the molecule is O=C(Nc1ccc(-n2cccn2)nc1)c1ccn(-c2cccc([N+](=O)[O-])c2)n1. The number of nitrogens with one attached hydrogen (secondary N) is 1. The fourth-order valence-electron chi connectivity index (χ4n) is 2.53. The Morgan fingerprint density at radius 1 is 1.07 bits per heavy atom. The minimum atomic E-state index is -0.486. The van der Waals surface area contributed by atoms with Gasteiger partial charge in [-0.3, -0.25) is 14.9 Å². The summed E-state index contributed by atoms with van der Waals surface area (Å²) in [5.74, 6) is 0.204. The molecule has 10 heteroatoms. The standard InChI is InChI=1S/C18H13N7O3/c26-18(21-13-5-6-17(19-12-13)24-9-2-8-20-24)16-7-10-23(22-16)14-3-1-4-15(11-14)25(27)28/h1-12H,(H,21,26). The Bertz CT molecular complexity index is 1130. The Labute approximate surface area is 158 Å². The van der Waals surface area contributed by atoms with Crippen molar-refractivity contribution in [2.24, 2.45) is 0 Å². The molecule has 10 nitrogen and oxygen atoms in total. The molecule has 0 aliphatic rings. The highest BCUT2D eigenvalue weighted by molar-refractivity contribution is 6.02. The highest BCUT2D eigenvalue weighted by Gasteiger charge is 2.13. The molecule has 0 fully saturated rings. The van der Waals surface area contributed by atoms with Crippen molar-refractivity contribution in [2.75, 3.05) is 5.32 Å². The summed E-state index contributed by atoms with van der Waals surface area (Å²) in [5.41, 5.74) is 1.11. The van der Waals surface area contributed by atoms with E-state index in [0.29, 0.717) is 17.2 Å². The van der Waals surface area contributed by atoms with Gasteiger partial charge in [0.25, 0.3) is 11.6 Å². The van der Waals surface area contributed by atoms with Crippen molar-refractivity contribution in [3.63, 3.8) is 0 Å². The molecule has 0 unspecified atom stereocenters. The summed E-state index contributed by atoms with van der Waals surface area (Å²) in [6.45, 7) is 0. The van der Waals surface area contributed by atoms with Crippen LogP contribution in [0, 0.1) is 10.1 Å². The fourth-order valence-corrected chi connectivity index (χ4v) is 2.53. The maximum Gasteiger partial charge on any atom is 0.276 e. The van der Waals surface area contributed by atoms with Crippen LogP contribution in [0.2, 0.25) is 0 Å². The lowest BCUT2D eigenvalue weighted by atomic mass is 10.3. The van der Waals surface area contributed by atoms with Gasteiger partial charge in [0.2, 0.25) is 0 Å². The van der Waals surface area contributed by atoms with E-state index in [4.69, 9.17) is 0 Å². The average Bonchev–Trinajstić information content (AvgIpc) is 3.41. The second-order valence-corrected chi connectivity index (χ2v) is 5.73. The average molecular weight is 375 g/mol. The normalized spacial score (nSPS) is 10.6. The summed E-state index contributed by atoms with van der Waals surface area (Å²) >= 11 is 0. The minimum Gasteiger partial charge on any atom is -0.319 e. The van der Waals surface area contributed by atoms with E-state index in [-0.39, 0.29) is 11.4 Å². The molecule has 0 spiro atoms. The Balaban J connectivity index is 1.49. The number of benzene rings is 1. The molecule has 1 N–H and O–H groups in total. The number of aromatic nitrogens is 5. The number of pyridine rings is 1. The number of anilines is 1. The van der Waals surface area contributed by atoms with Crippen molar-refractivity contribution >= 4 is 17.3 Å². The zero-order valence-electron chi connectivity index (χ0n) is 14.3. The Morgan fingerprint density at radius 2 is 1.96 bits per heavy atom. The third kappa shape index (κ3) is 3.46. The van der Waals surface area contributed by atoms with E-state index < -0.39 is 10.8 Å². The van der Waals surface area contributed by atoms with Gasteiger partial charge < -0.3 is 5.32 Å². The van der Waals surface area contributed by atoms with Crippen LogP contribution in [0.25, 0.3) is 11.5 Å². The molecule has 3 aromatic heterocycles. The molecule has 28 heavy (non-hydrogen) atoms. The summed E-state index contributed by atoms with van der Waals surface area (Å²) in [4.78, 5) is 27.1. The number of carbonyl (C=O) groups is 1. The molecule has 0 saturated heterocycles. The second-order valence-electron chi connectivity index (χ2n) is 5.73. The third-order valence-electron chi connectivity index (χ3n) is 3.87. The number of nitro groups is 1. The van der Waals surface area contributed by atoms with Crippen LogP contribution in [0.1, 0.15) is 10.5 Å². The number of non-ortho nitro benzene ring substituents is 1. The molecule has 138 valence electrons. The lowest BCUT2D eigenvalue weighted by Gasteiger charge is -2.05. The van der Waals surface area contributed by atoms with Gasteiger partial charge in [-0.1, -0.05) is 6.07 Å². The lowest BCUT2D eigenvalue weighted by Crippen LogP contribution is -2.13. The van der Waals surface area contributed by atoms with Gasteiger partial charge in [-0.25, -0.2) is 14.3 Å². The maximum atomic E-state index is 12.4. The quantitative estimate of drug-likeness (QED) is 0.423. The molecular formula is C18H13N7O3. The van der Waals surface area contributed by atoms with Crippen molar-refractivity contribution in [1.82, 2.24) is 24.5 Å². The molecule has 0 radical (unpaired) electrons. The highest BCUT2D eigenvalue weighted by atomic mass is 16.6. The Hall–Kier alpha value is -4.34. The molecule has 3 heterocycles. The van der Waals surface area contributed by atoms with Gasteiger partial charge in [-0.2, -0.15) is 10.2 Å². The van der Waals surface area contributed by atoms with Gasteiger partial charge in [0.05, 0.1) is 22.5 Å². The van der Waals surface area contributed by atoms with Crippen LogP contribution < -0.4 is 5.32 Å². The van der Waals surface area contributed by atoms with E-state index >= 15 is 0 Å². The molecule has 0 bridgehead atoms. The predicted octanol–water partition coefficient (Wildman–Crippen LogP) is 2.61. The number of amides is 1. The van der Waals surface area contributed by atoms with Gasteiger partial charge in [0.15, 0.2) is 11.5 Å². The van der Waals surface area contributed by atoms with E-state index in [1.165, 1.54) is 29.1 Å². The van der Waals surface area contributed by atoms with Gasteiger partial charge in [-0.05, 0) is 30.3 Å². The van der Waals surface area contributed by atoms with Gasteiger partial charge in [-0.15, -0.1) is 0 Å². The van der Waals surface area contributed by atoms with E-state index in [0.717, 1.165) is 0 Å². The molecule has 1 amide bonds. The molecule has 1 aromatic carbocycles. The summed E-state index contributed by atoms with van der Waals surface area (Å²) in [7, 11) is 0. The molecule has 0 atom stereocenters. The zero-order valence-corrected chi connectivity index (χ0v) is 14.3. The maximum absolute atomic E-state index is 12.4. The first-order chi connectivity index (χ1) is 13.6. The summed E-state index contributed by atoms with van der Waals surface area (Å²) in [6, 6.07) is 12.7. The predicted molar refractivity (Wildman–Crippen MR) is 99.5 cm³/mol. The number of hydrogen-bond acceptors (Lipinski definition) is 6. The largest absolute Gasteiger partial charge is 0.319 e. The fraction of sp³-hybridized carbons (Fsp3) is 0. The van der Waals surface area contributed by atoms with Crippen LogP contribution in [0.5, 0.6) is 0 Å². The summed E-state index contributed by atoms with van der Waals surface area (Å²) in [6.07, 6.45) is 6.50. The molecule has 0 aliphatic heterocycles. The monoisotopic (exact) mass is 375 g/mol. The smallest absolute Gasteiger partial charge is 0.276 e. The first-order valence-corrected chi connectivity index (χ1v) is 8.18. The van der Waals surface area contributed by atoms with Crippen molar-refractivity contribution in [2.45, 2.75) is 0 Å². The van der Waals surface area contributed by atoms with Crippen LogP contribution in [0.3, 0.4) is 0 Å². The van der Waals surface area contributed by atoms with Crippen molar-refractivity contribution in [1.29, 1.82) is 0 Å². The van der Waals surface area contributed by atoms with E-state index in [9.17, 15) is 14.9 Å². The van der Waals surface area contributed by atoms with Gasteiger partial charge >= 0.3 is 0 Å².